The number of anilines is 1. The Bertz CT molecular complexity index is 663. The number of aliphatic hydroxyl groups excluding tert-OH is 1. The van der Waals surface area contributed by atoms with Gasteiger partial charge in [0.1, 0.15) is 5.69 Å². The van der Waals surface area contributed by atoms with Crippen molar-refractivity contribution in [3.05, 3.63) is 53.9 Å². The van der Waals surface area contributed by atoms with Crippen LogP contribution < -0.4 is 4.90 Å². The number of aliphatic hydroxyl groups is 1. The second-order valence-corrected chi connectivity index (χ2v) is 5.56. The maximum Gasteiger partial charge on any atom is 0.433 e. The lowest BCUT2D eigenvalue weighted by Gasteiger charge is -2.36. The van der Waals surface area contributed by atoms with Gasteiger partial charge in [-0.05, 0) is 18.1 Å². The largest absolute Gasteiger partial charge is 0.433 e. The summed E-state index contributed by atoms with van der Waals surface area (Å²) in [4.78, 5) is 9.09. The molecule has 0 unspecified atom stereocenters. The predicted octanol–water partition coefficient (Wildman–Crippen LogP) is 2.85. The highest BCUT2D eigenvalue weighted by atomic mass is 19.4. The molecule has 1 aromatic heterocycles. The van der Waals surface area contributed by atoms with Gasteiger partial charge in [0.15, 0.2) is 0 Å². The molecule has 3 rings (SSSR count). The summed E-state index contributed by atoms with van der Waals surface area (Å²) >= 11 is 0. The number of piperidine rings is 1. The Labute approximate surface area is 131 Å². The van der Waals surface area contributed by atoms with Crippen molar-refractivity contribution in [2.75, 3.05) is 18.0 Å². The van der Waals surface area contributed by atoms with E-state index < -0.39 is 18.0 Å². The van der Waals surface area contributed by atoms with Gasteiger partial charge in [0.2, 0.25) is 5.95 Å². The molecule has 0 amide bonds. The number of aromatic nitrogens is 2. The molecule has 0 radical (unpaired) electrons. The summed E-state index contributed by atoms with van der Waals surface area (Å²) in [6, 6.07) is 10.5. The average Bonchev–Trinajstić information content (AvgIpc) is 2.55. The van der Waals surface area contributed by atoms with Gasteiger partial charge in [-0.25, -0.2) is 9.97 Å². The van der Waals surface area contributed by atoms with Crippen LogP contribution in [0.5, 0.6) is 0 Å². The second kappa shape index (κ2) is 6.16. The number of rotatable bonds is 2. The van der Waals surface area contributed by atoms with Crippen LogP contribution in [0.4, 0.5) is 19.1 Å². The van der Waals surface area contributed by atoms with E-state index in [4.69, 9.17) is 0 Å². The number of benzene rings is 1. The fourth-order valence-electron chi connectivity index (χ4n) is 2.86. The van der Waals surface area contributed by atoms with E-state index in [1.54, 1.807) is 4.90 Å². The van der Waals surface area contributed by atoms with E-state index in [0.29, 0.717) is 13.0 Å². The molecule has 0 saturated carbocycles. The second-order valence-electron chi connectivity index (χ2n) is 5.56. The van der Waals surface area contributed by atoms with Crippen molar-refractivity contribution in [1.82, 2.24) is 9.97 Å². The highest BCUT2D eigenvalue weighted by molar-refractivity contribution is 5.34. The van der Waals surface area contributed by atoms with Crippen LogP contribution in [0.25, 0.3) is 0 Å². The molecule has 0 bridgehead atoms. The smallest absolute Gasteiger partial charge is 0.391 e. The molecule has 0 aliphatic carbocycles. The number of halogens is 3. The average molecular weight is 323 g/mol. The zero-order valence-corrected chi connectivity index (χ0v) is 12.2. The maximum atomic E-state index is 12.7. The SMILES string of the molecule is O[C@@H]1CN(c2nccc(C(F)(F)F)n2)CC[C@H]1c1ccccc1. The molecule has 2 atom stereocenters. The highest BCUT2D eigenvalue weighted by Gasteiger charge is 2.34. The Kier molecular flexibility index (Phi) is 4.21. The predicted molar refractivity (Wildman–Crippen MR) is 79.1 cm³/mol. The summed E-state index contributed by atoms with van der Waals surface area (Å²) in [5.74, 6) is -0.0244. The van der Waals surface area contributed by atoms with Crippen molar-refractivity contribution in [3.8, 4) is 0 Å². The third kappa shape index (κ3) is 3.44. The first kappa shape index (κ1) is 15.7. The summed E-state index contributed by atoms with van der Waals surface area (Å²) in [5, 5.41) is 10.4. The minimum Gasteiger partial charge on any atom is -0.391 e. The number of β-amino-alcohol motifs (C(OH)–C–C–N with tert-alkyl or cyclic N) is 1. The van der Waals surface area contributed by atoms with Gasteiger partial charge in [0.05, 0.1) is 6.10 Å². The van der Waals surface area contributed by atoms with Crippen LogP contribution in [-0.2, 0) is 6.18 Å². The van der Waals surface area contributed by atoms with E-state index in [9.17, 15) is 18.3 Å². The lowest BCUT2D eigenvalue weighted by Crippen LogP contribution is -2.43. The minimum absolute atomic E-state index is 0.00499. The Hall–Kier alpha value is -2.15. The molecule has 1 N–H and O–H groups in total. The molecule has 7 heteroatoms. The van der Waals surface area contributed by atoms with Crippen LogP contribution in [0.15, 0.2) is 42.6 Å². The molecule has 1 aromatic carbocycles. The molecule has 0 spiro atoms. The van der Waals surface area contributed by atoms with Crippen LogP contribution in [0.3, 0.4) is 0 Å². The summed E-state index contributed by atoms with van der Waals surface area (Å²) in [7, 11) is 0. The number of nitrogens with zero attached hydrogens (tertiary/aromatic N) is 3. The lowest BCUT2D eigenvalue weighted by atomic mass is 9.87. The number of hydrogen-bond acceptors (Lipinski definition) is 4. The van der Waals surface area contributed by atoms with Gasteiger partial charge in [0, 0.05) is 25.2 Å². The first-order valence-corrected chi connectivity index (χ1v) is 7.33. The Morgan fingerprint density at radius 1 is 1.13 bits per heavy atom. The van der Waals surface area contributed by atoms with Gasteiger partial charge in [-0.2, -0.15) is 13.2 Å². The van der Waals surface area contributed by atoms with Crippen molar-refractivity contribution < 1.29 is 18.3 Å². The van der Waals surface area contributed by atoms with E-state index in [1.807, 2.05) is 30.3 Å². The van der Waals surface area contributed by atoms with Crippen LogP contribution in [0.2, 0.25) is 0 Å². The molecule has 23 heavy (non-hydrogen) atoms. The first-order chi connectivity index (χ1) is 10.9. The van der Waals surface area contributed by atoms with E-state index in [-0.39, 0.29) is 18.4 Å². The zero-order valence-electron chi connectivity index (χ0n) is 12.2. The molecule has 1 aliphatic rings. The first-order valence-electron chi connectivity index (χ1n) is 7.33. The summed E-state index contributed by atoms with van der Waals surface area (Å²) in [5.41, 5.74) is 0.0618. The fourth-order valence-corrected chi connectivity index (χ4v) is 2.86. The molecule has 1 saturated heterocycles. The summed E-state index contributed by atoms with van der Waals surface area (Å²) < 4.78 is 38.2. The molecule has 1 aliphatic heterocycles. The van der Waals surface area contributed by atoms with Gasteiger partial charge in [-0.1, -0.05) is 30.3 Å². The van der Waals surface area contributed by atoms with Gasteiger partial charge in [0.25, 0.3) is 0 Å². The molecule has 2 heterocycles. The topological polar surface area (TPSA) is 49.2 Å². The van der Waals surface area contributed by atoms with Crippen molar-refractivity contribution in [3.63, 3.8) is 0 Å². The summed E-state index contributed by atoms with van der Waals surface area (Å²) in [6.07, 6.45) is -3.45. The zero-order chi connectivity index (χ0) is 16.4. The van der Waals surface area contributed by atoms with Crippen LogP contribution in [0, 0.1) is 0 Å². The highest BCUT2D eigenvalue weighted by Crippen LogP contribution is 2.31. The van der Waals surface area contributed by atoms with Crippen LogP contribution in [0.1, 0.15) is 23.6 Å². The van der Waals surface area contributed by atoms with Crippen molar-refractivity contribution in [2.45, 2.75) is 24.6 Å². The Balaban J connectivity index is 1.75. The third-order valence-corrected chi connectivity index (χ3v) is 4.03. The van der Waals surface area contributed by atoms with Crippen molar-refractivity contribution in [1.29, 1.82) is 0 Å². The van der Waals surface area contributed by atoms with Crippen molar-refractivity contribution >= 4 is 5.95 Å². The molecule has 2 aromatic rings. The van der Waals surface area contributed by atoms with E-state index in [0.717, 1.165) is 17.8 Å². The standard InChI is InChI=1S/C16H16F3N3O/c17-16(18,19)14-6-8-20-15(21-14)22-9-7-12(13(23)10-22)11-4-2-1-3-5-11/h1-6,8,12-13,23H,7,9-10H2/t12-,13+/m0/s1. The molecule has 1 fully saturated rings. The van der Waals surface area contributed by atoms with Gasteiger partial charge < -0.3 is 10.0 Å². The molecular formula is C16H16F3N3O. The number of hydrogen-bond donors (Lipinski definition) is 1. The lowest BCUT2D eigenvalue weighted by molar-refractivity contribution is -0.141. The van der Waals surface area contributed by atoms with Gasteiger partial charge >= 0.3 is 6.18 Å². The molecular weight excluding hydrogens is 307 g/mol. The Morgan fingerprint density at radius 2 is 1.87 bits per heavy atom. The monoisotopic (exact) mass is 323 g/mol. The Morgan fingerprint density at radius 3 is 2.52 bits per heavy atom. The minimum atomic E-state index is -4.50. The molecule has 122 valence electrons. The van der Waals surface area contributed by atoms with E-state index >= 15 is 0 Å². The number of alkyl halides is 3. The van der Waals surface area contributed by atoms with Crippen LogP contribution >= 0.6 is 0 Å². The summed E-state index contributed by atoms with van der Waals surface area (Å²) in [6.45, 7) is 0.707. The quantitative estimate of drug-likeness (QED) is 0.923. The normalized spacial score (nSPS) is 22.2. The van der Waals surface area contributed by atoms with Crippen molar-refractivity contribution in [2.24, 2.45) is 0 Å². The fraction of sp³-hybridized carbons (Fsp3) is 0.375. The maximum absolute atomic E-state index is 12.7. The van der Waals surface area contributed by atoms with Gasteiger partial charge in [-0.3, -0.25) is 0 Å². The van der Waals surface area contributed by atoms with Gasteiger partial charge in [-0.15, -0.1) is 0 Å². The third-order valence-electron chi connectivity index (χ3n) is 4.03. The molecule has 4 nitrogen and oxygen atoms in total. The van der Waals surface area contributed by atoms with E-state index in [2.05, 4.69) is 9.97 Å². The van der Waals surface area contributed by atoms with E-state index in [1.165, 1.54) is 0 Å². The van der Waals surface area contributed by atoms with Crippen LogP contribution in [-0.4, -0.2) is 34.3 Å².